The molecule has 4 heteroatoms. The van der Waals surface area contributed by atoms with Crippen molar-refractivity contribution in [1.29, 1.82) is 0 Å². The SMILES string of the molecule is CCc1cccc(-c2nc(-c3ccccc3)nc(-c3ccc(-n4c5ccccc5c5ccccc54)cc3)n2)c1. The first kappa shape index (κ1) is 23.1. The van der Waals surface area contributed by atoms with Crippen molar-refractivity contribution in [1.82, 2.24) is 19.5 Å². The van der Waals surface area contributed by atoms with Crippen LogP contribution in [-0.2, 0) is 6.42 Å². The maximum Gasteiger partial charge on any atom is 0.164 e. The Bertz CT molecular complexity index is 1880. The minimum absolute atomic E-state index is 0.662. The highest BCUT2D eigenvalue weighted by molar-refractivity contribution is 6.09. The van der Waals surface area contributed by atoms with Gasteiger partial charge in [-0.15, -0.1) is 0 Å². The van der Waals surface area contributed by atoms with Gasteiger partial charge in [0, 0.05) is 33.2 Å². The molecule has 4 nitrogen and oxygen atoms in total. The number of para-hydroxylation sites is 2. The van der Waals surface area contributed by atoms with Crippen molar-refractivity contribution in [3.8, 4) is 39.9 Å². The predicted molar refractivity (Wildman–Crippen MR) is 160 cm³/mol. The Kier molecular flexibility index (Phi) is 5.71. The van der Waals surface area contributed by atoms with Crippen LogP contribution in [0.2, 0.25) is 0 Å². The van der Waals surface area contributed by atoms with E-state index in [2.05, 4.69) is 109 Å². The van der Waals surface area contributed by atoms with E-state index in [1.807, 2.05) is 30.3 Å². The Morgan fingerprint density at radius 2 is 1.00 bits per heavy atom. The second-order valence-electron chi connectivity index (χ2n) is 9.64. The lowest BCUT2D eigenvalue weighted by atomic mass is 10.1. The molecule has 5 aromatic carbocycles. The molecule has 0 atom stereocenters. The van der Waals surface area contributed by atoms with Crippen molar-refractivity contribution in [3.05, 3.63) is 133 Å². The third kappa shape index (κ3) is 4.16. The summed E-state index contributed by atoms with van der Waals surface area (Å²) in [6.07, 6.45) is 0.960. The second kappa shape index (κ2) is 9.66. The van der Waals surface area contributed by atoms with Crippen LogP contribution in [0.4, 0.5) is 0 Å². The van der Waals surface area contributed by atoms with Gasteiger partial charge in [-0.2, -0.15) is 0 Å². The zero-order valence-corrected chi connectivity index (χ0v) is 21.6. The number of aryl methyl sites for hydroxylation is 1. The molecular formula is C35H26N4. The summed E-state index contributed by atoms with van der Waals surface area (Å²) in [7, 11) is 0. The minimum Gasteiger partial charge on any atom is -0.309 e. The first-order valence-electron chi connectivity index (χ1n) is 13.3. The van der Waals surface area contributed by atoms with Crippen molar-refractivity contribution in [3.63, 3.8) is 0 Å². The molecule has 0 bridgehead atoms. The fourth-order valence-corrected chi connectivity index (χ4v) is 5.24. The number of nitrogens with zero attached hydrogens (tertiary/aromatic N) is 4. The van der Waals surface area contributed by atoms with Gasteiger partial charge in [0.25, 0.3) is 0 Å². The van der Waals surface area contributed by atoms with E-state index >= 15 is 0 Å². The second-order valence-corrected chi connectivity index (χ2v) is 9.64. The van der Waals surface area contributed by atoms with E-state index in [0.717, 1.165) is 28.8 Å². The minimum atomic E-state index is 0.662. The van der Waals surface area contributed by atoms with E-state index in [0.29, 0.717) is 17.5 Å². The topological polar surface area (TPSA) is 43.6 Å². The lowest BCUT2D eigenvalue weighted by Crippen LogP contribution is -2.01. The van der Waals surface area contributed by atoms with Gasteiger partial charge in [-0.25, -0.2) is 15.0 Å². The zero-order chi connectivity index (χ0) is 26.2. The highest BCUT2D eigenvalue weighted by atomic mass is 15.0. The van der Waals surface area contributed by atoms with Crippen LogP contribution < -0.4 is 0 Å². The molecular weight excluding hydrogens is 476 g/mol. The van der Waals surface area contributed by atoms with Crippen LogP contribution in [0.15, 0.2) is 127 Å². The number of fused-ring (bicyclic) bond motifs is 3. The van der Waals surface area contributed by atoms with Crippen LogP contribution in [-0.4, -0.2) is 19.5 Å². The Labute approximate surface area is 227 Å². The van der Waals surface area contributed by atoms with Crippen molar-refractivity contribution in [2.24, 2.45) is 0 Å². The molecule has 2 aromatic heterocycles. The number of hydrogen-bond donors (Lipinski definition) is 0. The van der Waals surface area contributed by atoms with Gasteiger partial charge < -0.3 is 4.57 Å². The van der Waals surface area contributed by atoms with Gasteiger partial charge in [0.15, 0.2) is 17.5 Å². The highest BCUT2D eigenvalue weighted by Gasteiger charge is 2.14. The number of benzene rings is 5. The molecule has 186 valence electrons. The quantitative estimate of drug-likeness (QED) is 0.237. The lowest BCUT2D eigenvalue weighted by Gasteiger charge is -2.11. The van der Waals surface area contributed by atoms with E-state index in [1.165, 1.54) is 27.4 Å². The molecule has 7 rings (SSSR count). The summed E-state index contributed by atoms with van der Waals surface area (Å²) in [5.74, 6) is 2.01. The molecule has 7 aromatic rings. The highest BCUT2D eigenvalue weighted by Crippen LogP contribution is 2.32. The maximum absolute atomic E-state index is 4.94. The van der Waals surface area contributed by atoms with Crippen molar-refractivity contribution >= 4 is 21.8 Å². The van der Waals surface area contributed by atoms with E-state index in [4.69, 9.17) is 15.0 Å². The molecule has 0 saturated heterocycles. The summed E-state index contributed by atoms with van der Waals surface area (Å²) in [6.45, 7) is 2.16. The Morgan fingerprint density at radius 1 is 0.487 bits per heavy atom. The van der Waals surface area contributed by atoms with Crippen LogP contribution in [0.5, 0.6) is 0 Å². The third-order valence-corrected chi connectivity index (χ3v) is 7.22. The molecule has 0 spiro atoms. The van der Waals surface area contributed by atoms with Crippen molar-refractivity contribution in [2.45, 2.75) is 13.3 Å². The van der Waals surface area contributed by atoms with E-state index in [-0.39, 0.29) is 0 Å². The monoisotopic (exact) mass is 502 g/mol. The zero-order valence-electron chi connectivity index (χ0n) is 21.6. The van der Waals surface area contributed by atoms with Crippen molar-refractivity contribution < 1.29 is 0 Å². The van der Waals surface area contributed by atoms with Gasteiger partial charge in [-0.05, 0) is 54.4 Å². The van der Waals surface area contributed by atoms with Gasteiger partial charge in [-0.3, -0.25) is 0 Å². The standard InChI is InChI=1S/C35H26N4/c1-2-24-11-10-14-27(23-24)35-37-33(25-12-4-3-5-13-25)36-34(38-35)26-19-21-28(22-20-26)39-31-17-8-6-15-29(31)30-16-7-9-18-32(30)39/h3-23H,2H2,1H3. The predicted octanol–water partition coefficient (Wildman–Crippen LogP) is 8.53. The van der Waals surface area contributed by atoms with E-state index in [9.17, 15) is 0 Å². The van der Waals surface area contributed by atoms with Crippen LogP contribution in [0.3, 0.4) is 0 Å². The summed E-state index contributed by atoms with van der Waals surface area (Å²) >= 11 is 0. The Morgan fingerprint density at radius 3 is 1.62 bits per heavy atom. The molecule has 0 unspecified atom stereocenters. The van der Waals surface area contributed by atoms with Gasteiger partial charge in [0.05, 0.1) is 11.0 Å². The average molecular weight is 503 g/mol. The summed E-state index contributed by atoms with van der Waals surface area (Å²) in [5.41, 5.74) is 7.66. The van der Waals surface area contributed by atoms with Crippen LogP contribution in [0, 0.1) is 0 Å². The van der Waals surface area contributed by atoms with Gasteiger partial charge in [0.1, 0.15) is 0 Å². The molecule has 0 N–H and O–H groups in total. The molecule has 0 fully saturated rings. The largest absolute Gasteiger partial charge is 0.309 e. The Balaban J connectivity index is 1.36. The number of aromatic nitrogens is 4. The molecule has 0 aliphatic rings. The number of rotatable bonds is 5. The Hall–Kier alpha value is -5.09. The molecule has 0 aliphatic carbocycles. The molecule has 0 radical (unpaired) electrons. The summed E-state index contributed by atoms with van der Waals surface area (Å²) < 4.78 is 2.32. The van der Waals surface area contributed by atoms with E-state index < -0.39 is 0 Å². The average Bonchev–Trinajstić information content (AvgIpc) is 3.36. The third-order valence-electron chi connectivity index (χ3n) is 7.22. The summed E-state index contributed by atoms with van der Waals surface area (Å²) in [5, 5.41) is 2.50. The van der Waals surface area contributed by atoms with Crippen LogP contribution >= 0.6 is 0 Å². The van der Waals surface area contributed by atoms with Crippen LogP contribution in [0.1, 0.15) is 12.5 Å². The maximum atomic E-state index is 4.94. The van der Waals surface area contributed by atoms with E-state index in [1.54, 1.807) is 0 Å². The smallest absolute Gasteiger partial charge is 0.164 e. The molecule has 0 saturated carbocycles. The van der Waals surface area contributed by atoms with Gasteiger partial charge in [0.2, 0.25) is 0 Å². The van der Waals surface area contributed by atoms with Crippen molar-refractivity contribution in [2.75, 3.05) is 0 Å². The fraction of sp³-hybridized carbons (Fsp3) is 0.0571. The summed E-state index contributed by atoms with van der Waals surface area (Å²) in [6, 6.07) is 44.2. The number of hydrogen-bond acceptors (Lipinski definition) is 3. The molecule has 0 aliphatic heterocycles. The first-order chi connectivity index (χ1) is 19.3. The normalized spacial score (nSPS) is 11.3. The lowest BCUT2D eigenvalue weighted by molar-refractivity contribution is 1.07. The molecule has 0 amide bonds. The first-order valence-corrected chi connectivity index (χ1v) is 13.3. The molecule has 39 heavy (non-hydrogen) atoms. The van der Waals surface area contributed by atoms with Gasteiger partial charge >= 0.3 is 0 Å². The fourth-order valence-electron chi connectivity index (χ4n) is 5.24. The summed E-state index contributed by atoms with van der Waals surface area (Å²) in [4.78, 5) is 14.7. The van der Waals surface area contributed by atoms with Crippen LogP contribution in [0.25, 0.3) is 61.7 Å². The molecule has 2 heterocycles. The van der Waals surface area contributed by atoms with Gasteiger partial charge in [-0.1, -0.05) is 91.9 Å².